The minimum atomic E-state index is -1.73. The first-order valence-corrected chi connectivity index (χ1v) is 35.5. The molecule has 3 aromatic carbocycles. The minimum Gasteiger partial charge on any atom is -0.470 e. The number of nitrogens with zero attached hydrogens (tertiary/aromatic N) is 12. The molecule has 8 amide bonds. The molecule has 0 N–H and O–H groups in total. The second kappa shape index (κ2) is 33.5. The maximum absolute atomic E-state index is 12.0. The number of carbonyl (C=O) groups is 4. The zero-order chi connectivity index (χ0) is 69.8. The molecule has 13 heterocycles. The first-order chi connectivity index (χ1) is 47.9. The zero-order valence-corrected chi connectivity index (χ0v) is 62.3. The van der Waals surface area contributed by atoms with E-state index in [2.05, 4.69) is 185 Å². The molecule has 7 aromatic rings. The summed E-state index contributed by atoms with van der Waals surface area (Å²) in [4.78, 5) is 83.9. The molecule has 0 radical (unpaired) electrons. The minimum absolute atomic E-state index is 0. The van der Waals surface area contributed by atoms with Gasteiger partial charge in [-0.25, -0.2) is 34.3 Å². The van der Waals surface area contributed by atoms with Crippen LogP contribution in [0.2, 0.25) is 0 Å². The molecule has 8 bridgehead atoms. The molecule has 28 heteroatoms. The van der Waals surface area contributed by atoms with E-state index in [0.717, 1.165) is 54.4 Å². The molecular formula is C72H81BIN12NaO12P+. The Morgan fingerprint density at radius 2 is 0.950 bits per heavy atom. The summed E-state index contributed by atoms with van der Waals surface area (Å²) >= 11 is 2.25. The number of hydrogen-bond donors (Lipinski definition) is 0. The van der Waals surface area contributed by atoms with Crippen LogP contribution >= 0.6 is 29.9 Å². The van der Waals surface area contributed by atoms with Gasteiger partial charge in [-0.2, -0.15) is 10.1 Å². The van der Waals surface area contributed by atoms with Crippen molar-refractivity contribution in [2.24, 2.45) is 0 Å². The quantitative estimate of drug-likeness (QED) is 0.0318. The van der Waals surface area contributed by atoms with Crippen molar-refractivity contribution in [3.8, 4) is 0 Å². The van der Waals surface area contributed by atoms with Crippen LogP contribution in [0.15, 0.2) is 224 Å². The summed E-state index contributed by atoms with van der Waals surface area (Å²) in [7, 11) is 1.55. The Morgan fingerprint density at radius 3 is 1.36 bits per heavy atom. The van der Waals surface area contributed by atoms with E-state index in [1.54, 1.807) is 51.6 Å². The van der Waals surface area contributed by atoms with Crippen LogP contribution < -0.4 is 51.1 Å². The second-order valence-corrected chi connectivity index (χ2v) is 29.7. The van der Waals surface area contributed by atoms with Crippen molar-refractivity contribution in [3.05, 3.63) is 231 Å². The maximum Gasteiger partial charge on any atom is 1.00 e. The Labute approximate surface area is 619 Å². The van der Waals surface area contributed by atoms with Gasteiger partial charge in [0.2, 0.25) is 0 Å². The first-order valence-electron chi connectivity index (χ1n) is 32.5. The fourth-order valence-corrected chi connectivity index (χ4v) is 17.1. The van der Waals surface area contributed by atoms with Crippen LogP contribution in [0.3, 0.4) is 0 Å². The van der Waals surface area contributed by atoms with Gasteiger partial charge in [0.05, 0.1) is 99.3 Å². The number of aromatic nitrogens is 4. The van der Waals surface area contributed by atoms with E-state index in [1.807, 2.05) is 56.6 Å². The van der Waals surface area contributed by atoms with Crippen LogP contribution in [0, 0.1) is 7.05 Å². The van der Waals surface area contributed by atoms with E-state index in [4.69, 9.17) is 36.7 Å². The van der Waals surface area contributed by atoms with E-state index in [1.165, 1.54) is 60.1 Å². The molecule has 16 rings (SSSR count). The molecule has 0 saturated carbocycles. The van der Waals surface area contributed by atoms with E-state index in [9.17, 15) is 19.2 Å². The van der Waals surface area contributed by atoms with E-state index in [-0.39, 0.29) is 89.1 Å². The monoisotopic (exact) mass is 1500 g/mol. The van der Waals surface area contributed by atoms with Gasteiger partial charge in [-0.1, -0.05) is 85.0 Å². The molecule has 5 fully saturated rings. The number of carbonyl (C=O) groups excluding carboxylic acids is 4. The van der Waals surface area contributed by atoms with Crippen LogP contribution in [0.25, 0.3) is 16.7 Å². The van der Waals surface area contributed by atoms with E-state index < -0.39 is 14.4 Å². The van der Waals surface area contributed by atoms with Crippen molar-refractivity contribution in [1.82, 2.24) is 59.5 Å². The number of amides is 8. The number of rotatable bonds is 15. The van der Waals surface area contributed by atoms with Gasteiger partial charge in [0.25, 0.3) is 6.03 Å². The predicted octanol–water partition coefficient (Wildman–Crippen LogP) is 7.50. The molecule has 0 aliphatic carbocycles. The van der Waals surface area contributed by atoms with Gasteiger partial charge in [-0.3, -0.25) is 21.5 Å². The van der Waals surface area contributed by atoms with Crippen molar-refractivity contribution in [1.29, 1.82) is 0 Å². The Morgan fingerprint density at radius 1 is 0.560 bits per heavy atom. The third-order valence-electron chi connectivity index (χ3n) is 18.0. The third-order valence-corrected chi connectivity index (χ3v) is 22.8. The first kappa shape index (κ1) is 74.5. The van der Waals surface area contributed by atoms with Crippen molar-refractivity contribution in [2.75, 3.05) is 72.1 Å². The van der Waals surface area contributed by atoms with E-state index >= 15 is 0 Å². The molecule has 5 saturated heterocycles. The zero-order valence-electron chi connectivity index (χ0n) is 57.3. The Balaban J connectivity index is 0.000000130. The number of likely N-dealkylation sites (N-methyl/N-ethyl adjacent to an activating group) is 1. The van der Waals surface area contributed by atoms with Crippen LogP contribution in [0.4, 0.5) is 19.2 Å². The number of hydroxylamine groups is 4. The molecule has 4 aromatic heterocycles. The van der Waals surface area contributed by atoms with Gasteiger partial charge in [0.1, 0.15) is 23.2 Å². The molecule has 0 spiro atoms. The fraction of sp³-hybridized carbons (Fsp3) is 0.319. The summed E-state index contributed by atoms with van der Waals surface area (Å²) < 4.78 is 33.6. The Kier molecular flexibility index (Phi) is 25.0. The summed E-state index contributed by atoms with van der Waals surface area (Å²) in [5.41, 5.74) is 2.97. The van der Waals surface area contributed by atoms with Crippen LogP contribution in [-0.4, -0.2) is 198 Å². The summed E-state index contributed by atoms with van der Waals surface area (Å²) in [6.45, 7) is 26.1. The van der Waals surface area contributed by atoms with Gasteiger partial charge < -0.3 is 56.4 Å². The number of oxazole rings is 4. The Hall–Kier alpha value is -8.18. The number of benzene rings is 3. The van der Waals surface area contributed by atoms with Gasteiger partial charge >= 0.3 is 54.8 Å². The number of urea groups is 4. The smallest absolute Gasteiger partial charge is 0.470 e. The molecule has 9 aliphatic rings. The molecular weight excluding hydrogens is 1420 g/mol. The summed E-state index contributed by atoms with van der Waals surface area (Å²) in [6.07, 6.45) is 25.8. The van der Waals surface area contributed by atoms with Crippen LogP contribution in [0.5, 0.6) is 0 Å². The molecule has 516 valence electrons. The van der Waals surface area contributed by atoms with Gasteiger partial charge in [0.15, 0.2) is 48.5 Å². The molecule has 4 unspecified atom stereocenters. The largest absolute Gasteiger partial charge is 1.00 e. The number of hydrogen-bond acceptors (Lipinski definition) is 16. The van der Waals surface area contributed by atoms with Gasteiger partial charge in [-0.05, 0) is 113 Å². The normalized spacial score (nSPS) is 21.1. The number of allylic oxidation sites excluding steroid dienone is 1. The van der Waals surface area contributed by atoms with Crippen molar-refractivity contribution < 1.29 is 85.4 Å². The molecule has 100 heavy (non-hydrogen) atoms. The topological polar surface area (TPSA) is 235 Å². The van der Waals surface area contributed by atoms with Gasteiger partial charge in [0, 0.05) is 59.1 Å². The van der Waals surface area contributed by atoms with Crippen molar-refractivity contribution in [3.63, 3.8) is 0 Å². The fourth-order valence-electron chi connectivity index (χ4n) is 12.5. The van der Waals surface area contributed by atoms with Crippen LogP contribution in [0.1, 0.15) is 58.8 Å². The van der Waals surface area contributed by atoms with E-state index in [0.29, 0.717) is 57.4 Å². The Bertz CT molecular complexity index is 3940. The third kappa shape index (κ3) is 16.6. The summed E-state index contributed by atoms with van der Waals surface area (Å²) in [5, 5.41) is 7.01. The standard InChI is InChI=1S/C21H20P.C12H13N3O3.C11H13N3O2.C10H10N3O2.C9H14BNO3.C9H11IN2O2.Na/c1-2-18-22(19-12-6-3-7-13-19,20-14-8-4-9-15-20)21-16-10-5-11-17-21;1-2-3-18-15-10-4-9(11-5-13-8-17-11)6-14(7-10)12(15)16;1-2-14-9-3-8(10-4-12-7-16-10)5-13(6-9)11(14)15;1-12-8-2-7(9-3-11-6-15-9)4-13(5-8)10(12)14;1-8(2)9(3,4)14-10(13-8)7-5-11-6-12-7;1-2-3-14-12-8-4-7(10)5-11(6-8)9(12)13;/h2-18H,1H3;2,4-5,8,10H,1,3,6-7H2;3-4,7,9H,2,5-6H2,1H3;2-3,6,8H,1,4-5H2;5-6H,1-4H3;2,4,8H,1,3,5-6H2;/q+1;;;-1;;;+1/b18-2+;;;;;;. The molecule has 9 aliphatic heterocycles. The average Bonchev–Trinajstić information content (AvgIpc) is 1.34. The van der Waals surface area contributed by atoms with Crippen LogP contribution in [-0.2, 0) is 19.0 Å². The van der Waals surface area contributed by atoms with Gasteiger partial charge in [-0.15, -0.1) is 13.2 Å². The summed E-state index contributed by atoms with van der Waals surface area (Å²) in [5.74, 6) is 4.60. The number of fused-ring (bicyclic) bond motifs is 8. The van der Waals surface area contributed by atoms with Crippen molar-refractivity contribution >= 4 is 99.4 Å². The second-order valence-electron chi connectivity index (χ2n) is 25.0. The SMILES string of the molecule is C/C=C/[P+](c1ccccc1)(c1ccccc1)c1ccccc1.C=CCON1C(=O)N2CC(I)=CC1C2.C=CCON1C(=O)N2CC(c3cnco3)=CC1C2.CC1(C)OB(c2cnco2)OC1(C)C.CCN1C(=O)N2CC(c3cnco3)=CC1C2.[CH2-]N1C(=O)N2CC(c3cnco3)=CC1C2.[Na+]. The average molecular weight is 1500 g/mol. The number of halogens is 1. The maximum atomic E-state index is 12.0. The summed E-state index contributed by atoms with van der Waals surface area (Å²) in [6, 6.07) is 32.8. The predicted molar refractivity (Wildman–Crippen MR) is 386 cm³/mol. The van der Waals surface area contributed by atoms with Crippen molar-refractivity contribution in [2.45, 2.75) is 76.9 Å². The molecule has 24 nitrogen and oxygen atoms in total. The molecule has 4 atom stereocenters.